The van der Waals surface area contributed by atoms with Crippen molar-refractivity contribution in [2.45, 2.75) is 12.8 Å². The van der Waals surface area contributed by atoms with Crippen LogP contribution in [0.1, 0.15) is 23.2 Å². The van der Waals surface area contributed by atoms with Crippen molar-refractivity contribution in [3.63, 3.8) is 0 Å². The first-order valence-corrected chi connectivity index (χ1v) is 8.48. The summed E-state index contributed by atoms with van der Waals surface area (Å²) in [7, 11) is 1.57. The molecule has 1 atom stereocenters. The molecule has 9 heteroatoms. The zero-order valence-corrected chi connectivity index (χ0v) is 14.5. The topological polar surface area (TPSA) is 126 Å². The van der Waals surface area contributed by atoms with Crippen LogP contribution < -0.4 is 16.1 Å². The lowest BCUT2D eigenvalue weighted by atomic mass is 9.98. The molecule has 136 valence electrons. The summed E-state index contributed by atoms with van der Waals surface area (Å²) in [6.45, 7) is 1.26. The minimum Gasteiger partial charge on any atom is -0.355 e. The Hall–Kier alpha value is -3.12. The Labute approximate surface area is 150 Å². The van der Waals surface area contributed by atoms with Gasteiger partial charge < -0.3 is 21.0 Å². The summed E-state index contributed by atoms with van der Waals surface area (Å²) in [6.07, 6.45) is 4.91. The molecular formula is C17H21N7O2. The number of hydrazine groups is 1. The first kappa shape index (κ1) is 17.7. The number of piperidine rings is 1. The van der Waals surface area contributed by atoms with Gasteiger partial charge in [-0.15, -0.1) is 0 Å². The average molecular weight is 355 g/mol. The average Bonchev–Trinajstić information content (AvgIpc) is 3.15. The normalized spacial score (nSPS) is 17.5. The SMILES string of the molecule is CNC(=O)c1cnc2[nH]ccc2c1NN1CCC[C@H](C(=O)NCC#N)C1. The lowest BCUT2D eigenvalue weighted by Crippen LogP contribution is -2.45. The Bertz CT molecular complexity index is 854. The van der Waals surface area contributed by atoms with Gasteiger partial charge in [-0.25, -0.2) is 9.99 Å². The Morgan fingerprint density at radius 3 is 3.12 bits per heavy atom. The van der Waals surface area contributed by atoms with Crippen LogP contribution in [0.3, 0.4) is 0 Å². The van der Waals surface area contributed by atoms with Crippen molar-refractivity contribution in [3.8, 4) is 6.07 Å². The second-order valence-electron chi connectivity index (χ2n) is 6.14. The number of nitrogens with zero attached hydrogens (tertiary/aromatic N) is 3. The second kappa shape index (κ2) is 7.84. The lowest BCUT2D eigenvalue weighted by molar-refractivity contribution is -0.126. The van der Waals surface area contributed by atoms with E-state index in [4.69, 9.17) is 5.26 Å². The first-order valence-electron chi connectivity index (χ1n) is 8.48. The molecule has 26 heavy (non-hydrogen) atoms. The number of nitrogens with one attached hydrogen (secondary N) is 4. The van der Waals surface area contributed by atoms with Gasteiger partial charge in [0.1, 0.15) is 12.2 Å². The van der Waals surface area contributed by atoms with Crippen LogP contribution in [0.5, 0.6) is 0 Å². The number of pyridine rings is 1. The maximum atomic E-state index is 12.2. The van der Waals surface area contributed by atoms with E-state index in [1.54, 1.807) is 13.2 Å². The smallest absolute Gasteiger partial charge is 0.254 e. The van der Waals surface area contributed by atoms with Crippen LogP contribution in [0, 0.1) is 17.2 Å². The van der Waals surface area contributed by atoms with Crippen molar-refractivity contribution in [2.24, 2.45) is 5.92 Å². The standard InChI is InChI=1S/C17H21N7O2/c1-19-17(26)13-9-22-15-12(4-6-20-15)14(13)23-24-8-2-3-11(10-24)16(25)21-7-5-18/h4,6,9,11H,2-3,7-8,10H2,1H3,(H,19,26)(H,21,25)(H2,20,22,23)/t11-/m0/s1. The number of hydrogen-bond donors (Lipinski definition) is 4. The monoisotopic (exact) mass is 355 g/mol. The van der Waals surface area contributed by atoms with E-state index in [9.17, 15) is 9.59 Å². The molecule has 0 radical (unpaired) electrons. The summed E-state index contributed by atoms with van der Waals surface area (Å²) in [6, 6.07) is 3.78. The molecular weight excluding hydrogens is 334 g/mol. The van der Waals surface area contributed by atoms with E-state index in [0.29, 0.717) is 23.4 Å². The van der Waals surface area contributed by atoms with Gasteiger partial charge in [0.05, 0.1) is 23.2 Å². The van der Waals surface area contributed by atoms with Gasteiger partial charge in [-0.2, -0.15) is 5.26 Å². The second-order valence-corrected chi connectivity index (χ2v) is 6.14. The molecule has 3 rings (SSSR count). The number of anilines is 1. The predicted octanol–water partition coefficient (Wildman–Crippen LogP) is 0.601. The number of carbonyl (C=O) groups is 2. The summed E-state index contributed by atoms with van der Waals surface area (Å²) < 4.78 is 0. The highest BCUT2D eigenvalue weighted by Crippen LogP contribution is 2.27. The van der Waals surface area contributed by atoms with Crippen molar-refractivity contribution in [3.05, 3.63) is 24.0 Å². The van der Waals surface area contributed by atoms with E-state index in [1.165, 1.54) is 6.20 Å². The van der Waals surface area contributed by atoms with E-state index >= 15 is 0 Å². The molecule has 1 fully saturated rings. The fraction of sp³-hybridized carbons (Fsp3) is 0.412. The molecule has 1 saturated heterocycles. The number of nitriles is 1. The number of aromatic nitrogens is 2. The molecule has 9 nitrogen and oxygen atoms in total. The molecule has 0 saturated carbocycles. The molecule has 0 spiro atoms. The van der Waals surface area contributed by atoms with Gasteiger partial charge in [-0.1, -0.05) is 0 Å². The summed E-state index contributed by atoms with van der Waals surface area (Å²) in [5.74, 6) is -0.550. The zero-order valence-electron chi connectivity index (χ0n) is 14.5. The molecule has 0 bridgehead atoms. The number of carbonyl (C=O) groups excluding carboxylic acids is 2. The molecule has 0 aliphatic carbocycles. The van der Waals surface area contributed by atoms with Crippen molar-refractivity contribution in [1.82, 2.24) is 25.6 Å². The number of fused-ring (bicyclic) bond motifs is 1. The number of aromatic amines is 1. The molecule has 0 unspecified atom stereocenters. The number of amides is 2. The minimum atomic E-state index is -0.233. The van der Waals surface area contributed by atoms with E-state index < -0.39 is 0 Å². The zero-order chi connectivity index (χ0) is 18.5. The lowest BCUT2D eigenvalue weighted by Gasteiger charge is -2.33. The maximum Gasteiger partial charge on any atom is 0.254 e. The molecule has 0 aromatic carbocycles. The van der Waals surface area contributed by atoms with Crippen LogP contribution in [0.25, 0.3) is 11.0 Å². The Balaban J connectivity index is 1.81. The van der Waals surface area contributed by atoms with Gasteiger partial charge in [-0.3, -0.25) is 9.59 Å². The third-order valence-corrected chi connectivity index (χ3v) is 4.46. The summed E-state index contributed by atoms with van der Waals surface area (Å²) in [5.41, 5.74) is 5.08. The molecule has 1 aliphatic rings. The van der Waals surface area contributed by atoms with E-state index in [2.05, 4.69) is 26.0 Å². The van der Waals surface area contributed by atoms with Crippen LogP contribution in [0.4, 0.5) is 5.69 Å². The van der Waals surface area contributed by atoms with Crippen molar-refractivity contribution in [2.75, 3.05) is 32.1 Å². The molecule has 4 N–H and O–H groups in total. The van der Waals surface area contributed by atoms with E-state index in [-0.39, 0.29) is 24.3 Å². The molecule has 2 aromatic rings. The summed E-state index contributed by atoms with van der Waals surface area (Å²) in [5, 5.41) is 16.6. The van der Waals surface area contributed by atoms with Crippen LogP contribution in [-0.4, -0.2) is 53.5 Å². The Morgan fingerprint density at radius 2 is 2.35 bits per heavy atom. The highest BCUT2D eigenvalue weighted by Gasteiger charge is 2.27. The van der Waals surface area contributed by atoms with Gasteiger partial charge >= 0.3 is 0 Å². The Morgan fingerprint density at radius 1 is 1.50 bits per heavy atom. The predicted molar refractivity (Wildman–Crippen MR) is 96.0 cm³/mol. The third kappa shape index (κ3) is 3.60. The van der Waals surface area contributed by atoms with Gasteiger partial charge in [0.25, 0.3) is 5.91 Å². The van der Waals surface area contributed by atoms with Crippen molar-refractivity contribution in [1.29, 1.82) is 5.26 Å². The summed E-state index contributed by atoms with van der Waals surface area (Å²) >= 11 is 0. The first-order chi connectivity index (χ1) is 12.6. The Kier molecular flexibility index (Phi) is 5.34. The van der Waals surface area contributed by atoms with Crippen molar-refractivity contribution < 1.29 is 9.59 Å². The molecule has 2 aromatic heterocycles. The van der Waals surface area contributed by atoms with Crippen LogP contribution in [-0.2, 0) is 4.79 Å². The number of rotatable bonds is 5. The highest BCUT2D eigenvalue weighted by molar-refractivity contribution is 6.06. The third-order valence-electron chi connectivity index (χ3n) is 4.46. The van der Waals surface area contributed by atoms with Gasteiger partial charge in [-0.05, 0) is 18.9 Å². The van der Waals surface area contributed by atoms with Crippen LogP contribution >= 0.6 is 0 Å². The quantitative estimate of drug-likeness (QED) is 0.582. The van der Waals surface area contributed by atoms with Crippen LogP contribution in [0.2, 0.25) is 0 Å². The number of H-pyrrole nitrogens is 1. The highest BCUT2D eigenvalue weighted by atomic mass is 16.2. The van der Waals surface area contributed by atoms with Crippen molar-refractivity contribution >= 4 is 28.5 Å². The molecule has 2 amide bonds. The molecule has 1 aliphatic heterocycles. The van der Waals surface area contributed by atoms with Gasteiger partial charge in [0.2, 0.25) is 5.91 Å². The number of hydrogen-bond acceptors (Lipinski definition) is 6. The summed E-state index contributed by atoms with van der Waals surface area (Å²) in [4.78, 5) is 31.7. The fourth-order valence-corrected chi connectivity index (χ4v) is 3.16. The maximum absolute atomic E-state index is 12.2. The van der Waals surface area contributed by atoms with E-state index in [0.717, 1.165) is 24.8 Å². The largest absolute Gasteiger partial charge is 0.355 e. The van der Waals surface area contributed by atoms with Gasteiger partial charge in [0.15, 0.2) is 0 Å². The fourth-order valence-electron chi connectivity index (χ4n) is 3.16. The minimum absolute atomic E-state index is 0.0118. The van der Waals surface area contributed by atoms with Gasteiger partial charge in [0, 0.05) is 37.9 Å². The molecule has 3 heterocycles. The van der Waals surface area contributed by atoms with E-state index in [1.807, 2.05) is 17.1 Å². The van der Waals surface area contributed by atoms with Crippen LogP contribution in [0.15, 0.2) is 18.5 Å².